The number of piperidine rings is 1. The van der Waals surface area contributed by atoms with Crippen LogP contribution in [-0.2, 0) is 11.2 Å². The second-order valence-corrected chi connectivity index (χ2v) is 11.2. The lowest BCUT2D eigenvalue weighted by atomic mass is 10.0. The Bertz CT molecular complexity index is 1300. The van der Waals surface area contributed by atoms with E-state index in [2.05, 4.69) is 20.2 Å². The molecule has 10 nitrogen and oxygen atoms in total. The number of aromatic amines is 1. The van der Waals surface area contributed by atoms with Gasteiger partial charge in [0, 0.05) is 60.6 Å². The molecule has 2 fully saturated rings. The molecule has 3 heterocycles. The Hall–Kier alpha value is -4.08. The number of carbonyl (C=O) groups excluding carboxylic acids is 3. The molecule has 0 bridgehead atoms. The third-order valence-electron chi connectivity index (χ3n) is 6.96. The first-order valence-electron chi connectivity index (χ1n) is 13.4. The highest BCUT2D eigenvalue weighted by atomic mass is 16.6. The molecule has 0 unspecified atom stereocenters. The molecule has 2 aliphatic rings. The zero-order chi connectivity index (χ0) is 27.6. The van der Waals surface area contributed by atoms with Crippen molar-refractivity contribution in [1.82, 2.24) is 30.0 Å². The summed E-state index contributed by atoms with van der Waals surface area (Å²) in [7, 11) is 0. The fourth-order valence-electron chi connectivity index (χ4n) is 4.84. The van der Waals surface area contributed by atoms with Gasteiger partial charge >= 0.3 is 6.09 Å². The minimum absolute atomic E-state index is 0.00948. The van der Waals surface area contributed by atoms with Crippen molar-refractivity contribution in [3.8, 4) is 11.4 Å². The first-order valence-corrected chi connectivity index (χ1v) is 13.4. The van der Waals surface area contributed by atoms with Crippen LogP contribution in [0, 0.1) is 0 Å². The van der Waals surface area contributed by atoms with Crippen LogP contribution in [0.15, 0.2) is 48.9 Å². The summed E-state index contributed by atoms with van der Waals surface area (Å²) in [5, 5.41) is 6.67. The van der Waals surface area contributed by atoms with Crippen LogP contribution in [0.25, 0.3) is 11.4 Å². The summed E-state index contributed by atoms with van der Waals surface area (Å²) >= 11 is 0. The number of nitrogens with one attached hydrogen (secondary N) is 1. The molecular formula is C29H34N6O4. The van der Waals surface area contributed by atoms with E-state index in [1.165, 1.54) is 0 Å². The third-order valence-corrected chi connectivity index (χ3v) is 6.96. The monoisotopic (exact) mass is 530 g/mol. The highest BCUT2D eigenvalue weighted by molar-refractivity contribution is 5.97. The average Bonchev–Trinajstić information content (AvgIpc) is 3.62. The molecule has 1 aliphatic carbocycles. The van der Waals surface area contributed by atoms with Gasteiger partial charge in [0.15, 0.2) is 11.6 Å². The van der Waals surface area contributed by atoms with Gasteiger partial charge in [0.25, 0.3) is 5.91 Å². The van der Waals surface area contributed by atoms with Crippen molar-refractivity contribution in [2.75, 3.05) is 13.1 Å². The summed E-state index contributed by atoms with van der Waals surface area (Å²) in [6.07, 6.45) is 8.13. The van der Waals surface area contributed by atoms with E-state index in [4.69, 9.17) is 4.74 Å². The molecule has 1 aliphatic heterocycles. The van der Waals surface area contributed by atoms with Gasteiger partial charge in [0.05, 0.1) is 12.0 Å². The summed E-state index contributed by atoms with van der Waals surface area (Å²) in [4.78, 5) is 51.1. The minimum Gasteiger partial charge on any atom is -0.444 e. The molecular weight excluding hydrogens is 496 g/mol. The molecule has 1 aromatic carbocycles. The molecule has 0 radical (unpaired) electrons. The Kier molecular flexibility index (Phi) is 7.45. The van der Waals surface area contributed by atoms with Gasteiger partial charge in [-0.25, -0.2) is 14.8 Å². The van der Waals surface area contributed by atoms with E-state index in [0.717, 1.165) is 24.1 Å². The fraction of sp³-hybridized carbons (Fsp3) is 0.448. The highest BCUT2D eigenvalue weighted by Crippen LogP contribution is 2.33. The van der Waals surface area contributed by atoms with Crippen molar-refractivity contribution in [2.45, 2.75) is 70.6 Å². The van der Waals surface area contributed by atoms with E-state index >= 15 is 0 Å². The van der Waals surface area contributed by atoms with Gasteiger partial charge in [0.1, 0.15) is 5.60 Å². The smallest absolute Gasteiger partial charge is 0.410 e. The zero-order valence-corrected chi connectivity index (χ0v) is 22.6. The summed E-state index contributed by atoms with van der Waals surface area (Å²) in [5.74, 6) is 0.409. The maximum atomic E-state index is 13.5. The van der Waals surface area contributed by atoms with Gasteiger partial charge in [-0.2, -0.15) is 5.10 Å². The molecule has 39 heavy (non-hydrogen) atoms. The van der Waals surface area contributed by atoms with E-state index in [9.17, 15) is 14.4 Å². The van der Waals surface area contributed by atoms with E-state index < -0.39 is 5.60 Å². The number of benzene rings is 1. The van der Waals surface area contributed by atoms with E-state index in [-0.39, 0.29) is 36.3 Å². The van der Waals surface area contributed by atoms with Gasteiger partial charge < -0.3 is 14.5 Å². The SMILES string of the molecule is CC(C)(C)OC(=O)N1CCC(N(C(=O)c2cnc(-c3ccc(C(=O)Cc4ccn[nH]4)cc3)nc2)C2CC2)CC1. The number of rotatable bonds is 7. The van der Waals surface area contributed by atoms with Crippen LogP contribution in [0.3, 0.4) is 0 Å². The number of amides is 2. The number of Topliss-reactive ketones (excluding diaryl/α,β-unsaturated/α-hetero) is 1. The number of ether oxygens (including phenoxy) is 1. The number of ketones is 1. The zero-order valence-electron chi connectivity index (χ0n) is 22.6. The van der Waals surface area contributed by atoms with Gasteiger partial charge in [-0.15, -0.1) is 0 Å². The van der Waals surface area contributed by atoms with Crippen molar-refractivity contribution < 1.29 is 19.1 Å². The molecule has 10 heteroatoms. The number of likely N-dealkylation sites (tertiary alicyclic amines) is 1. The lowest BCUT2D eigenvalue weighted by molar-refractivity contribution is 0.0142. The molecule has 2 aromatic heterocycles. The van der Waals surface area contributed by atoms with Crippen LogP contribution in [-0.4, -0.2) is 78.5 Å². The van der Waals surface area contributed by atoms with Crippen LogP contribution in [0.1, 0.15) is 72.9 Å². The Labute approximate surface area is 227 Å². The number of hydrogen-bond acceptors (Lipinski definition) is 7. The van der Waals surface area contributed by atoms with E-state index in [0.29, 0.717) is 42.9 Å². The van der Waals surface area contributed by atoms with E-state index in [1.807, 2.05) is 37.8 Å². The lowest BCUT2D eigenvalue weighted by Crippen LogP contribution is -2.50. The second kappa shape index (κ2) is 11.0. The average molecular weight is 531 g/mol. The molecule has 2 amide bonds. The summed E-state index contributed by atoms with van der Waals surface area (Å²) in [6, 6.07) is 9.21. The maximum absolute atomic E-state index is 13.5. The minimum atomic E-state index is -0.532. The fourth-order valence-corrected chi connectivity index (χ4v) is 4.84. The third kappa shape index (κ3) is 6.50. The Morgan fingerprint density at radius 1 is 0.949 bits per heavy atom. The van der Waals surface area contributed by atoms with Crippen molar-refractivity contribution in [2.24, 2.45) is 0 Å². The highest BCUT2D eigenvalue weighted by Gasteiger charge is 2.40. The quantitative estimate of drug-likeness (QED) is 0.452. The van der Waals surface area contributed by atoms with Crippen molar-refractivity contribution in [1.29, 1.82) is 0 Å². The van der Waals surface area contributed by atoms with Crippen LogP contribution in [0.2, 0.25) is 0 Å². The number of aromatic nitrogens is 4. The van der Waals surface area contributed by atoms with Crippen molar-refractivity contribution >= 4 is 17.8 Å². The molecule has 0 atom stereocenters. The predicted molar refractivity (Wildman–Crippen MR) is 144 cm³/mol. The summed E-state index contributed by atoms with van der Waals surface area (Å²) < 4.78 is 5.51. The molecule has 1 saturated heterocycles. The molecule has 5 rings (SSSR count). The normalized spacial score (nSPS) is 16.1. The molecule has 0 spiro atoms. The van der Waals surface area contributed by atoms with Gasteiger partial charge in [0.2, 0.25) is 0 Å². The topological polar surface area (TPSA) is 121 Å². The number of hydrogen-bond donors (Lipinski definition) is 1. The number of nitrogens with zero attached hydrogens (tertiary/aromatic N) is 5. The van der Waals surface area contributed by atoms with Crippen molar-refractivity contribution in [3.05, 3.63) is 65.7 Å². The largest absolute Gasteiger partial charge is 0.444 e. The van der Waals surface area contributed by atoms with Gasteiger partial charge in [-0.3, -0.25) is 14.7 Å². The maximum Gasteiger partial charge on any atom is 0.410 e. The van der Waals surface area contributed by atoms with Crippen LogP contribution in [0.5, 0.6) is 0 Å². The predicted octanol–water partition coefficient (Wildman–Crippen LogP) is 4.30. The molecule has 204 valence electrons. The second-order valence-electron chi connectivity index (χ2n) is 11.2. The standard InChI is InChI=1S/C29H34N6O4/c1-29(2,3)39-28(38)34-14-11-24(12-15-34)35(23-8-9-23)27(37)21-17-30-26(31-18-21)20-6-4-19(5-7-20)25(36)16-22-10-13-32-33-22/h4-7,10,13,17-18,23-24H,8-9,11-12,14-16H2,1-3H3,(H,32,33). The summed E-state index contributed by atoms with van der Waals surface area (Å²) in [6.45, 7) is 6.70. The Morgan fingerprint density at radius 3 is 2.15 bits per heavy atom. The molecule has 1 N–H and O–H groups in total. The van der Waals surface area contributed by atoms with Crippen LogP contribution in [0.4, 0.5) is 4.79 Å². The van der Waals surface area contributed by atoms with Gasteiger partial charge in [-0.05, 0) is 52.5 Å². The Balaban J connectivity index is 1.21. The van der Waals surface area contributed by atoms with Crippen LogP contribution < -0.4 is 0 Å². The van der Waals surface area contributed by atoms with E-state index in [1.54, 1.807) is 41.7 Å². The lowest BCUT2D eigenvalue weighted by Gasteiger charge is -2.39. The molecule has 3 aromatic rings. The summed E-state index contributed by atoms with van der Waals surface area (Å²) in [5.41, 5.74) is 2.04. The van der Waals surface area contributed by atoms with Crippen LogP contribution >= 0.6 is 0 Å². The molecule has 1 saturated carbocycles. The van der Waals surface area contributed by atoms with Crippen molar-refractivity contribution in [3.63, 3.8) is 0 Å². The van der Waals surface area contributed by atoms with Gasteiger partial charge in [-0.1, -0.05) is 24.3 Å². The number of carbonyl (C=O) groups is 3. The number of H-pyrrole nitrogens is 1. The Morgan fingerprint density at radius 2 is 1.59 bits per heavy atom. The first-order chi connectivity index (χ1) is 18.7. The first kappa shape index (κ1) is 26.5.